The Morgan fingerprint density at radius 1 is 1.47 bits per heavy atom. The summed E-state index contributed by atoms with van der Waals surface area (Å²) < 4.78 is 5.05. The minimum absolute atomic E-state index is 0.0875. The lowest BCUT2D eigenvalue weighted by Crippen LogP contribution is -2.42. The molecule has 2 amide bonds. The monoisotopic (exact) mass is 263 g/mol. The number of hydrogen-bond donors (Lipinski definition) is 1. The van der Waals surface area contributed by atoms with Crippen LogP contribution in [-0.4, -0.2) is 41.4 Å². The van der Waals surface area contributed by atoms with Crippen LogP contribution in [-0.2, 0) is 16.1 Å². The van der Waals surface area contributed by atoms with Crippen LogP contribution >= 0.6 is 0 Å². The quantitative estimate of drug-likeness (QED) is 0.853. The first-order valence-corrected chi connectivity index (χ1v) is 6.18. The molecule has 0 saturated carbocycles. The van der Waals surface area contributed by atoms with E-state index in [1.807, 2.05) is 12.1 Å². The fourth-order valence-electron chi connectivity index (χ4n) is 2.01. The van der Waals surface area contributed by atoms with Gasteiger partial charge in [-0.25, -0.2) is 4.98 Å². The molecule has 1 aliphatic heterocycles. The van der Waals surface area contributed by atoms with Crippen LogP contribution in [0.2, 0.25) is 0 Å². The van der Waals surface area contributed by atoms with Gasteiger partial charge in [0, 0.05) is 19.0 Å². The molecule has 1 N–H and O–H groups in total. The maximum atomic E-state index is 12.1. The maximum Gasteiger partial charge on any atom is 0.245 e. The van der Waals surface area contributed by atoms with Crippen molar-refractivity contribution < 1.29 is 14.3 Å². The predicted octanol–water partition coefficient (Wildman–Crippen LogP) is 0.327. The van der Waals surface area contributed by atoms with Gasteiger partial charge in [-0.2, -0.15) is 0 Å². The molecule has 1 aliphatic rings. The van der Waals surface area contributed by atoms with Crippen molar-refractivity contribution >= 4 is 11.8 Å². The second-order valence-electron chi connectivity index (χ2n) is 4.47. The molecular weight excluding hydrogens is 246 g/mol. The third-order valence-electron chi connectivity index (χ3n) is 3.01. The Morgan fingerprint density at radius 2 is 2.26 bits per heavy atom. The van der Waals surface area contributed by atoms with Gasteiger partial charge in [0.1, 0.15) is 6.04 Å². The Kier molecular flexibility index (Phi) is 3.99. The molecule has 1 saturated heterocycles. The molecule has 1 atom stereocenters. The van der Waals surface area contributed by atoms with Crippen LogP contribution in [0.3, 0.4) is 0 Å². The van der Waals surface area contributed by atoms with Crippen molar-refractivity contribution in [3.05, 3.63) is 23.9 Å². The first-order valence-electron chi connectivity index (χ1n) is 6.18. The molecular formula is C13H17N3O3. The summed E-state index contributed by atoms with van der Waals surface area (Å²) in [4.78, 5) is 29.4. The van der Waals surface area contributed by atoms with Gasteiger partial charge in [0.2, 0.25) is 17.7 Å². The Balaban J connectivity index is 2.12. The summed E-state index contributed by atoms with van der Waals surface area (Å²) in [7, 11) is 1.55. The van der Waals surface area contributed by atoms with E-state index >= 15 is 0 Å². The fourth-order valence-corrected chi connectivity index (χ4v) is 2.01. The molecule has 0 aliphatic carbocycles. The van der Waals surface area contributed by atoms with Crippen LogP contribution in [0.15, 0.2) is 18.2 Å². The first-order chi connectivity index (χ1) is 9.10. The third-order valence-corrected chi connectivity index (χ3v) is 3.01. The van der Waals surface area contributed by atoms with E-state index in [9.17, 15) is 9.59 Å². The highest BCUT2D eigenvalue weighted by molar-refractivity contribution is 5.89. The third kappa shape index (κ3) is 3.21. The summed E-state index contributed by atoms with van der Waals surface area (Å²) in [6.45, 7) is 2.49. The van der Waals surface area contributed by atoms with E-state index in [2.05, 4.69) is 10.3 Å². The lowest BCUT2D eigenvalue weighted by Gasteiger charge is -2.21. The van der Waals surface area contributed by atoms with Crippen molar-refractivity contribution in [1.29, 1.82) is 0 Å². The molecule has 2 heterocycles. The van der Waals surface area contributed by atoms with Crippen molar-refractivity contribution in [2.75, 3.05) is 13.7 Å². The molecule has 0 spiro atoms. The Hall–Kier alpha value is -2.11. The number of carbonyl (C=O) groups is 2. The Morgan fingerprint density at radius 3 is 3.00 bits per heavy atom. The zero-order valence-corrected chi connectivity index (χ0v) is 11.0. The zero-order chi connectivity index (χ0) is 13.8. The van der Waals surface area contributed by atoms with Crippen molar-refractivity contribution in [3.63, 3.8) is 0 Å². The van der Waals surface area contributed by atoms with Crippen LogP contribution in [0.5, 0.6) is 5.88 Å². The van der Waals surface area contributed by atoms with Gasteiger partial charge in [0.05, 0.1) is 19.3 Å². The lowest BCUT2D eigenvalue weighted by molar-refractivity contribution is -0.133. The SMILES string of the molecule is COc1cccc(CN2CCC(=O)NC(C)C2=O)n1. The summed E-state index contributed by atoms with van der Waals surface area (Å²) in [6.07, 6.45) is 0.319. The second kappa shape index (κ2) is 5.69. The summed E-state index contributed by atoms with van der Waals surface area (Å²) >= 11 is 0. The minimum atomic E-state index is -0.486. The van der Waals surface area contributed by atoms with E-state index in [0.717, 1.165) is 5.69 Å². The van der Waals surface area contributed by atoms with Gasteiger partial charge in [-0.15, -0.1) is 0 Å². The maximum absolute atomic E-state index is 12.1. The first kappa shape index (κ1) is 13.3. The number of amides is 2. The van der Waals surface area contributed by atoms with E-state index in [0.29, 0.717) is 25.4 Å². The molecule has 1 aromatic heterocycles. The van der Waals surface area contributed by atoms with Gasteiger partial charge in [0.25, 0.3) is 0 Å². The number of pyridine rings is 1. The Labute approximate surface area is 111 Å². The van der Waals surface area contributed by atoms with Gasteiger partial charge < -0.3 is 15.0 Å². The highest BCUT2D eigenvalue weighted by Crippen LogP contribution is 2.11. The fraction of sp³-hybridized carbons (Fsp3) is 0.462. The molecule has 102 valence electrons. The number of rotatable bonds is 3. The molecule has 6 heteroatoms. The molecule has 0 radical (unpaired) electrons. The van der Waals surface area contributed by atoms with Crippen LogP contribution in [0.4, 0.5) is 0 Å². The van der Waals surface area contributed by atoms with Crippen molar-refractivity contribution in [1.82, 2.24) is 15.2 Å². The lowest BCUT2D eigenvalue weighted by atomic mass is 10.2. The second-order valence-corrected chi connectivity index (χ2v) is 4.47. The summed E-state index contributed by atoms with van der Waals surface area (Å²) in [5.74, 6) is 0.333. The number of methoxy groups -OCH3 is 1. The number of aromatic nitrogens is 1. The minimum Gasteiger partial charge on any atom is -0.481 e. The van der Waals surface area contributed by atoms with E-state index in [1.54, 1.807) is 25.0 Å². The topological polar surface area (TPSA) is 71.5 Å². The van der Waals surface area contributed by atoms with Crippen LogP contribution in [0.1, 0.15) is 19.0 Å². The number of carbonyl (C=O) groups excluding carboxylic acids is 2. The number of nitrogens with one attached hydrogen (secondary N) is 1. The molecule has 1 fully saturated rings. The van der Waals surface area contributed by atoms with Crippen LogP contribution in [0, 0.1) is 0 Å². The molecule has 0 bridgehead atoms. The van der Waals surface area contributed by atoms with E-state index in [1.165, 1.54) is 0 Å². The van der Waals surface area contributed by atoms with Crippen molar-refractivity contribution in [2.45, 2.75) is 25.9 Å². The molecule has 1 aromatic rings. The van der Waals surface area contributed by atoms with Gasteiger partial charge in [0.15, 0.2) is 0 Å². The van der Waals surface area contributed by atoms with E-state index in [4.69, 9.17) is 4.74 Å². The average Bonchev–Trinajstić information content (AvgIpc) is 2.52. The largest absolute Gasteiger partial charge is 0.481 e. The van der Waals surface area contributed by atoms with E-state index in [-0.39, 0.29) is 11.8 Å². The molecule has 2 rings (SSSR count). The van der Waals surface area contributed by atoms with Crippen LogP contribution < -0.4 is 10.1 Å². The van der Waals surface area contributed by atoms with Gasteiger partial charge in [-0.05, 0) is 13.0 Å². The van der Waals surface area contributed by atoms with Gasteiger partial charge in [-0.3, -0.25) is 9.59 Å². The highest BCUT2D eigenvalue weighted by atomic mass is 16.5. The summed E-state index contributed by atoms with van der Waals surface area (Å²) in [6, 6.07) is 4.93. The van der Waals surface area contributed by atoms with Gasteiger partial charge >= 0.3 is 0 Å². The zero-order valence-electron chi connectivity index (χ0n) is 11.0. The number of nitrogens with zero attached hydrogens (tertiary/aromatic N) is 2. The highest BCUT2D eigenvalue weighted by Gasteiger charge is 2.26. The van der Waals surface area contributed by atoms with Gasteiger partial charge in [-0.1, -0.05) is 6.07 Å². The summed E-state index contributed by atoms with van der Waals surface area (Å²) in [5.41, 5.74) is 0.745. The Bertz CT molecular complexity index is 490. The standard InChI is InChI=1S/C13H17N3O3/c1-9-13(18)16(7-6-11(17)14-9)8-10-4-3-5-12(15-10)19-2/h3-5,9H,6-8H2,1-2H3,(H,14,17). The van der Waals surface area contributed by atoms with Crippen LogP contribution in [0.25, 0.3) is 0 Å². The van der Waals surface area contributed by atoms with Crippen molar-refractivity contribution in [2.24, 2.45) is 0 Å². The molecule has 1 unspecified atom stereocenters. The summed E-state index contributed by atoms with van der Waals surface area (Å²) in [5, 5.41) is 2.65. The average molecular weight is 263 g/mol. The normalized spacial score (nSPS) is 19.9. The van der Waals surface area contributed by atoms with E-state index < -0.39 is 6.04 Å². The molecule has 0 aromatic carbocycles. The predicted molar refractivity (Wildman–Crippen MR) is 68.4 cm³/mol. The van der Waals surface area contributed by atoms with Crippen molar-refractivity contribution in [3.8, 4) is 5.88 Å². The molecule has 19 heavy (non-hydrogen) atoms. The number of hydrogen-bond acceptors (Lipinski definition) is 4. The number of ether oxygens (including phenoxy) is 1. The molecule has 6 nitrogen and oxygen atoms in total. The smallest absolute Gasteiger partial charge is 0.245 e.